The summed E-state index contributed by atoms with van der Waals surface area (Å²) in [5.74, 6) is 3.72. The first-order chi connectivity index (χ1) is 12.1. The number of hydrogen-bond donors (Lipinski definition) is 2. The molecule has 0 amide bonds. The van der Waals surface area contributed by atoms with E-state index in [-0.39, 0.29) is 6.04 Å². The van der Waals surface area contributed by atoms with Gasteiger partial charge >= 0.3 is 0 Å². The SMILES string of the molecule is COc1ccccc1[C@H]1C=C(C23CC4CC(CC(C4)C2)C3)NC(=S)N1. The highest BCUT2D eigenvalue weighted by atomic mass is 32.1. The molecule has 1 atom stereocenters. The van der Waals surface area contributed by atoms with Gasteiger partial charge in [-0.3, -0.25) is 0 Å². The van der Waals surface area contributed by atoms with Crippen LogP contribution in [0.25, 0.3) is 0 Å². The topological polar surface area (TPSA) is 33.3 Å². The number of benzene rings is 1. The van der Waals surface area contributed by atoms with Crippen molar-refractivity contribution < 1.29 is 4.74 Å². The van der Waals surface area contributed by atoms with E-state index < -0.39 is 0 Å². The molecular formula is C21H26N2OS. The number of ether oxygens (including phenoxy) is 1. The highest BCUT2D eigenvalue weighted by molar-refractivity contribution is 7.80. The van der Waals surface area contributed by atoms with E-state index >= 15 is 0 Å². The van der Waals surface area contributed by atoms with Gasteiger partial charge in [0.15, 0.2) is 5.11 Å². The zero-order valence-corrected chi connectivity index (χ0v) is 15.6. The summed E-state index contributed by atoms with van der Waals surface area (Å²) in [6.07, 6.45) is 10.8. The van der Waals surface area contributed by atoms with Gasteiger partial charge in [-0.05, 0) is 80.6 Å². The molecular weight excluding hydrogens is 328 g/mol. The van der Waals surface area contributed by atoms with Crippen LogP contribution in [0.2, 0.25) is 0 Å². The van der Waals surface area contributed by atoms with Crippen molar-refractivity contribution in [2.75, 3.05) is 7.11 Å². The van der Waals surface area contributed by atoms with Crippen LogP contribution < -0.4 is 15.4 Å². The van der Waals surface area contributed by atoms with Crippen molar-refractivity contribution in [3.05, 3.63) is 41.6 Å². The number of rotatable bonds is 3. The summed E-state index contributed by atoms with van der Waals surface area (Å²) in [6.45, 7) is 0. The Hall–Kier alpha value is -1.55. The van der Waals surface area contributed by atoms with Gasteiger partial charge in [0.05, 0.1) is 13.2 Å². The van der Waals surface area contributed by atoms with E-state index in [1.54, 1.807) is 7.11 Å². The predicted octanol–water partition coefficient (Wildman–Crippen LogP) is 4.31. The van der Waals surface area contributed by atoms with Gasteiger partial charge in [0.25, 0.3) is 0 Å². The Morgan fingerprint density at radius 1 is 1.04 bits per heavy atom. The minimum absolute atomic E-state index is 0.0907. The van der Waals surface area contributed by atoms with Crippen LogP contribution in [0.1, 0.15) is 50.1 Å². The number of nitrogens with one attached hydrogen (secondary N) is 2. The molecule has 25 heavy (non-hydrogen) atoms. The van der Waals surface area contributed by atoms with Crippen LogP contribution in [-0.2, 0) is 0 Å². The van der Waals surface area contributed by atoms with Crippen molar-refractivity contribution in [1.29, 1.82) is 0 Å². The Labute approximate surface area is 155 Å². The Kier molecular flexibility index (Phi) is 3.60. The van der Waals surface area contributed by atoms with Gasteiger partial charge in [0.1, 0.15) is 5.75 Å². The third kappa shape index (κ3) is 2.57. The second-order valence-corrected chi connectivity index (χ2v) is 9.00. The van der Waals surface area contributed by atoms with Crippen molar-refractivity contribution in [3.63, 3.8) is 0 Å². The second kappa shape index (κ2) is 5.73. The predicted molar refractivity (Wildman–Crippen MR) is 103 cm³/mol. The van der Waals surface area contributed by atoms with Crippen LogP contribution >= 0.6 is 12.2 Å². The molecule has 4 aliphatic carbocycles. The second-order valence-electron chi connectivity index (χ2n) is 8.60. The van der Waals surface area contributed by atoms with Crippen molar-refractivity contribution >= 4 is 17.3 Å². The summed E-state index contributed by atoms with van der Waals surface area (Å²) in [6, 6.07) is 8.35. The monoisotopic (exact) mass is 354 g/mol. The van der Waals surface area contributed by atoms with Crippen molar-refractivity contribution in [2.24, 2.45) is 23.2 Å². The molecule has 1 aromatic carbocycles. The zero-order valence-electron chi connectivity index (χ0n) is 14.8. The van der Waals surface area contributed by atoms with Crippen LogP contribution in [0.3, 0.4) is 0 Å². The molecule has 2 N–H and O–H groups in total. The van der Waals surface area contributed by atoms with Crippen LogP contribution in [0.5, 0.6) is 5.75 Å². The normalized spacial score (nSPS) is 38.8. The van der Waals surface area contributed by atoms with Crippen molar-refractivity contribution in [1.82, 2.24) is 10.6 Å². The Balaban J connectivity index is 1.52. The fourth-order valence-electron chi connectivity index (χ4n) is 6.39. The Bertz CT molecular complexity index is 706. The molecule has 4 saturated carbocycles. The molecule has 4 heteroatoms. The van der Waals surface area contributed by atoms with Crippen LogP contribution in [-0.4, -0.2) is 12.2 Å². The lowest BCUT2D eigenvalue weighted by Crippen LogP contribution is -2.53. The molecule has 0 unspecified atom stereocenters. The summed E-state index contributed by atoms with van der Waals surface area (Å²) in [7, 11) is 1.74. The van der Waals surface area contributed by atoms with Crippen molar-refractivity contribution in [2.45, 2.75) is 44.6 Å². The summed E-state index contributed by atoms with van der Waals surface area (Å²) in [4.78, 5) is 0. The molecule has 0 saturated heterocycles. The van der Waals surface area contributed by atoms with E-state index in [0.29, 0.717) is 5.41 Å². The molecule has 1 aliphatic heterocycles. The number of para-hydroxylation sites is 1. The van der Waals surface area contributed by atoms with E-state index in [9.17, 15) is 0 Å². The number of methoxy groups -OCH3 is 1. The van der Waals surface area contributed by atoms with Crippen LogP contribution in [0, 0.1) is 23.2 Å². The fraction of sp³-hybridized carbons (Fsp3) is 0.571. The summed E-state index contributed by atoms with van der Waals surface area (Å²) >= 11 is 5.59. The average Bonchev–Trinajstić information content (AvgIpc) is 2.60. The highest BCUT2D eigenvalue weighted by Gasteiger charge is 2.53. The van der Waals surface area contributed by atoms with Gasteiger partial charge in [0, 0.05) is 16.7 Å². The molecule has 4 bridgehead atoms. The third-order valence-electron chi connectivity index (χ3n) is 6.95. The minimum atomic E-state index is 0.0907. The van der Waals surface area contributed by atoms with Gasteiger partial charge < -0.3 is 15.4 Å². The molecule has 132 valence electrons. The molecule has 0 spiro atoms. The average molecular weight is 355 g/mol. The Morgan fingerprint density at radius 2 is 1.68 bits per heavy atom. The lowest BCUT2D eigenvalue weighted by molar-refractivity contribution is -0.0332. The van der Waals surface area contributed by atoms with Gasteiger partial charge in [-0.1, -0.05) is 18.2 Å². The molecule has 4 fully saturated rings. The van der Waals surface area contributed by atoms with E-state index in [0.717, 1.165) is 34.2 Å². The van der Waals surface area contributed by atoms with E-state index in [1.165, 1.54) is 44.2 Å². The maximum absolute atomic E-state index is 5.59. The molecule has 0 radical (unpaired) electrons. The maximum Gasteiger partial charge on any atom is 0.171 e. The van der Waals surface area contributed by atoms with Crippen LogP contribution in [0.4, 0.5) is 0 Å². The highest BCUT2D eigenvalue weighted by Crippen LogP contribution is 2.62. The maximum atomic E-state index is 5.59. The lowest BCUT2D eigenvalue weighted by Gasteiger charge is -2.58. The van der Waals surface area contributed by atoms with Gasteiger partial charge in [-0.25, -0.2) is 0 Å². The number of hydrogen-bond acceptors (Lipinski definition) is 2. The van der Waals surface area contributed by atoms with Crippen LogP contribution in [0.15, 0.2) is 36.0 Å². The van der Waals surface area contributed by atoms with Gasteiger partial charge in [-0.2, -0.15) is 0 Å². The lowest BCUT2D eigenvalue weighted by atomic mass is 9.48. The summed E-state index contributed by atoms with van der Waals surface area (Å²) < 4.78 is 5.59. The van der Waals surface area contributed by atoms with Gasteiger partial charge in [-0.15, -0.1) is 0 Å². The Morgan fingerprint density at radius 3 is 2.32 bits per heavy atom. The first-order valence-corrected chi connectivity index (χ1v) is 9.99. The standard InChI is InChI=1S/C21H26N2OS/c1-24-18-5-3-2-4-16(18)17-9-19(23-20(25)22-17)21-10-13-6-14(11-21)8-15(7-13)12-21/h2-5,9,13-15,17H,6-8,10-12H2,1H3,(H2,22,23,25)/t13?,14?,15?,17-,21?/m1/s1. The van der Waals surface area contributed by atoms with Crippen molar-refractivity contribution in [3.8, 4) is 5.75 Å². The fourth-order valence-corrected chi connectivity index (χ4v) is 6.63. The minimum Gasteiger partial charge on any atom is -0.496 e. The first kappa shape index (κ1) is 15.7. The summed E-state index contributed by atoms with van der Waals surface area (Å²) in [5.41, 5.74) is 2.88. The quantitative estimate of drug-likeness (QED) is 0.792. The number of thiocarbonyl (C=S) groups is 1. The zero-order chi connectivity index (χ0) is 17.0. The molecule has 0 aromatic heterocycles. The molecule has 1 heterocycles. The molecule has 1 aromatic rings. The van der Waals surface area contributed by atoms with E-state index in [2.05, 4.69) is 28.8 Å². The first-order valence-electron chi connectivity index (χ1n) is 9.58. The molecule has 6 rings (SSSR count). The largest absolute Gasteiger partial charge is 0.496 e. The number of allylic oxidation sites excluding steroid dienone is 1. The molecule has 3 nitrogen and oxygen atoms in total. The van der Waals surface area contributed by atoms with Gasteiger partial charge in [0.2, 0.25) is 0 Å². The smallest absolute Gasteiger partial charge is 0.171 e. The summed E-state index contributed by atoms with van der Waals surface area (Å²) in [5, 5.41) is 7.74. The van der Waals surface area contributed by atoms with E-state index in [4.69, 9.17) is 17.0 Å². The third-order valence-corrected chi connectivity index (χ3v) is 7.17. The van der Waals surface area contributed by atoms with E-state index in [1.807, 2.05) is 12.1 Å². The molecule has 5 aliphatic rings.